The first-order chi connectivity index (χ1) is 6.16. The number of carboxylic acid groups (broad SMARTS) is 1. The molecular weight excluding hydrogens is 175 g/mol. The number of furan rings is 1. The number of aliphatic carboxylic acids is 1. The zero-order valence-electron chi connectivity index (χ0n) is 7.08. The molecule has 0 bridgehead atoms. The Morgan fingerprint density at radius 2 is 2.38 bits per heavy atom. The van der Waals surface area contributed by atoms with Gasteiger partial charge in [-0.3, -0.25) is 0 Å². The van der Waals surface area contributed by atoms with E-state index in [2.05, 4.69) is 0 Å². The Morgan fingerprint density at radius 1 is 1.69 bits per heavy atom. The first-order valence-electron chi connectivity index (χ1n) is 3.82. The van der Waals surface area contributed by atoms with Crippen LogP contribution >= 0.6 is 0 Å². The summed E-state index contributed by atoms with van der Waals surface area (Å²) in [6.07, 6.45) is 1.66. The van der Waals surface area contributed by atoms with E-state index in [4.69, 9.17) is 9.52 Å². The standard InChI is InChI=1S/C9H9FO3/c1-2-6(8(10)9(11)12)7-4-3-5-13-7/h3-5H,2H2,1H3,(H,11,12). The van der Waals surface area contributed by atoms with Crippen molar-refractivity contribution in [3.63, 3.8) is 0 Å². The number of halogens is 1. The van der Waals surface area contributed by atoms with Crippen LogP contribution in [0, 0.1) is 0 Å². The molecule has 1 heterocycles. The summed E-state index contributed by atoms with van der Waals surface area (Å²) in [4.78, 5) is 10.3. The van der Waals surface area contributed by atoms with Crippen molar-refractivity contribution >= 4 is 11.5 Å². The van der Waals surface area contributed by atoms with E-state index in [0.29, 0.717) is 0 Å². The van der Waals surface area contributed by atoms with Crippen molar-refractivity contribution in [2.75, 3.05) is 0 Å². The zero-order valence-corrected chi connectivity index (χ0v) is 7.08. The number of rotatable bonds is 3. The van der Waals surface area contributed by atoms with E-state index in [0.717, 1.165) is 0 Å². The van der Waals surface area contributed by atoms with E-state index in [-0.39, 0.29) is 17.8 Å². The van der Waals surface area contributed by atoms with Gasteiger partial charge in [-0.25, -0.2) is 4.79 Å². The molecule has 3 nitrogen and oxygen atoms in total. The van der Waals surface area contributed by atoms with Gasteiger partial charge in [0.25, 0.3) is 0 Å². The summed E-state index contributed by atoms with van der Waals surface area (Å²) in [5.41, 5.74) is 0.0810. The normalized spacial score (nSPS) is 12.5. The number of allylic oxidation sites excluding steroid dienone is 1. The van der Waals surface area contributed by atoms with Crippen molar-refractivity contribution in [3.05, 3.63) is 30.0 Å². The fraction of sp³-hybridized carbons (Fsp3) is 0.222. The maximum atomic E-state index is 13.0. The number of hydrogen-bond acceptors (Lipinski definition) is 2. The molecule has 1 aromatic heterocycles. The van der Waals surface area contributed by atoms with Gasteiger partial charge in [0.15, 0.2) is 0 Å². The third-order valence-electron chi connectivity index (χ3n) is 1.62. The molecule has 0 aliphatic heterocycles. The van der Waals surface area contributed by atoms with Crippen LogP contribution < -0.4 is 0 Å². The summed E-state index contributed by atoms with van der Waals surface area (Å²) in [5, 5.41) is 8.41. The van der Waals surface area contributed by atoms with Crippen LogP contribution in [-0.2, 0) is 4.79 Å². The van der Waals surface area contributed by atoms with Crippen LogP contribution in [0.25, 0.3) is 5.57 Å². The minimum atomic E-state index is -1.56. The largest absolute Gasteiger partial charge is 0.476 e. The van der Waals surface area contributed by atoms with Gasteiger partial charge in [-0.2, -0.15) is 4.39 Å². The lowest BCUT2D eigenvalue weighted by atomic mass is 10.1. The predicted molar refractivity (Wildman–Crippen MR) is 44.7 cm³/mol. The molecule has 0 atom stereocenters. The van der Waals surface area contributed by atoms with Crippen molar-refractivity contribution < 1.29 is 18.7 Å². The average molecular weight is 184 g/mol. The highest BCUT2D eigenvalue weighted by Crippen LogP contribution is 2.23. The lowest BCUT2D eigenvalue weighted by molar-refractivity contribution is -0.134. The molecular formula is C9H9FO3. The highest BCUT2D eigenvalue weighted by Gasteiger charge is 2.15. The fourth-order valence-electron chi connectivity index (χ4n) is 1.02. The van der Waals surface area contributed by atoms with Gasteiger partial charge < -0.3 is 9.52 Å². The summed E-state index contributed by atoms with van der Waals surface area (Å²) in [6.45, 7) is 1.67. The van der Waals surface area contributed by atoms with E-state index in [1.165, 1.54) is 12.3 Å². The quantitative estimate of drug-likeness (QED) is 0.734. The highest BCUT2D eigenvalue weighted by atomic mass is 19.1. The average Bonchev–Trinajstić information content (AvgIpc) is 2.58. The summed E-state index contributed by atoms with van der Waals surface area (Å²) in [7, 11) is 0. The predicted octanol–water partition coefficient (Wildman–Crippen LogP) is 2.45. The van der Waals surface area contributed by atoms with Crippen molar-refractivity contribution in [2.24, 2.45) is 0 Å². The van der Waals surface area contributed by atoms with Crippen LogP contribution in [0.15, 0.2) is 28.6 Å². The van der Waals surface area contributed by atoms with E-state index in [1.807, 2.05) is 0 Å². The second-order valence-electron chi connectivity index (χ2n) is 2.43. The maximum absolute atomic E-state index is 13.0. The van der Waals surface area contributed by atoms with Crippen LogP contribution in [0.2, 0.25) is 0 Å². The highest BCUT2D eigenvalue weighted by molar-refractivity contribution is 5.93. The first-order valence-corrected chi connectivity index (χ1v) is 3.82. The molecule has 0 fully saturated rings. The van der Waals surface area contributed by atoms with Gasteiger partial charge in [0, 0.05) is 5.57 Å². The molecule has 0 radical (unpaired) electrons. The Balaban J connectivity index is 3.11. The first kappa shape index (κ1) is 9.51. The molecule has 0 spiro atoms. The Hall–Kier alpha value is -1.58. The van der Waals surface area contributed by atoms with Gasteiger partial charge in [-0.15, -0.1) is 0 Å². The Kier molecular flexibility index (Phi) is 2.84. The summed E-state index contributed by atoms with van der Waals surface area (Å²) < 4.78 is 17.9. The molecule has 0 aliphatic rings. The zero-order chi connectivity index (χ0) is 9.84. The second kappa shape index (κ2) is 3.89. The third kappa shape index (κ3) is 1.96. The SMILES string of the molecule is CCC(=C(F)C(=O)O)c1ccco1. The lowest BCUT2D eigenvalue weighted by Gasteiger charge is -1.99. The van der Waals surface area contributed by atoms with Crippen molar-refractivity contribution in [1.29, 1.82) is 0 Å². The lowest BCUT2D eigenvalue weighted by Crippen LogP contribution is -1.98. The summed E-state index contributed by atoms with van der Waals surface area (Å²) in [6, 6.07) is 3.11. The summed E-state index contributed by atoms with van der Waals surface area (Å²) >= 11 is 0. The molecule has 1 rings (SSSR count). The van der Waals surface area contributed by atoms with E-state index in [1.54, 1.807) is 13.0 Å². The Bertz CT molecular complexity index is 325. The van der Waals surface area contributed by atoms with E-state index in [9.17, 15) is 9.18 Å². The summed E-state index contributed by atoms with van der Waals surface area (Å²) in [5.74, 6) is -2.45. The van der Waals surface area contributed by atoms with Crippen LogP contribution in [0.3, 0.4) is 0 Å². The van der Waals surface area contributed by atoms with E-state index < -0.39 is 11.8 Å². The Labute approximate surface area is 74.5 Å². The molecule has 0 aromatic carbocycles. The third-order valence-corrected chi connectivity index (χ3v) is 1.62. The minimum Gasteiger partial charge on any atom is -0.476 e. The molecule has 0 saturated carbocycles. The van der Waals surface area contributed by atoms with Gasteiger partial charge in [0.05, 0.1) is 6.26 Å². The maximum Gasteiger partial charge on any atom is 0.365 e. The Morgan fingerprint density at radius 3 is 2.77 bits per heavy atom. The van der Waals surface area contributed by atoms with Gasteiger partial charge in [-0.1, -0.05) is 6.92 Å². The topological polar surface area (TPSA) is 50.4 Å². The molecule has 0 unspecified atom stereocenters. The number of carboxylic acids is 1. The van der Waals surface area contributed by atoms with Gasteiger partial charge >= 0.3 is 5.97 Å². The van der Waals surface area contributed by atoms with Crippen molar-refractivity contribution in [3.8, 4) is 0 Å². The monoisotopic (exact) mass is 184 g/mol. The molecule has 0 aliphatic carbocycles. The second-order valence-corrected chi connectivity index (χ2v) is 2.43. The molecule has 4 heteroatoms. The molecule has 0 amide bonds. The van der Waals surface area contributed by atoms with Crippen LogP contribution in [0.1, 0.15) is 19.1 Å². The smallest absolute Gasteiger partial charge is 0.365 e. The van der Waals surface area contributed by atoms with Crippen LogP contribution in [0.5, 0.6) is 0 Å². The number of carbonyl (C=O) groups is 1. The van der Waals surface area contributed by atoms with Crippen LogP contribution in [-0.4, -0.2) is 11.1 Å². The molecule has 1 N–H and O–H groups in total. The van der Waals surface area contributed by atoms with Gasteiger partial charge in [0.2, 0.25) is 5.83 Å². The van der Waals surface area contributed by atoms with Gasteiger partial charge in [0.1, 0.15) is 5.76 Å². The fourth-order valence-corrected chi connectivity index (χ4v) is 1.02. The molecule has 0 saturated heterocycles. The molecule has 13 heavy (non-hydrogen) atoms. The molecule has 1 aromatic rings. The van der Waals surface area contributed by atoms with E-state index >= 15 is 0 Å². The van der Waals surface area contributed by atoms with Crippen molar-refractivity contribution in [1.82, 2.24) is 0 Å². The van der Waals surface area contributed by atoms with Crippen LogP contribution in [0.4, 0.5) is 4.39 Å². The van der Waals surface area contributed by atoms with Gasteiger partial charge in [-0.05, 0) is 18.6 Å². The molecule has 70 valence electrons. The van der Waals surface area contributed by atoms with Crippen molar-refractivity contribution in [2.45, 2.75) is 13.3 Å². The number of hydrogen-bond donors (Lipinski definition) is 1. The minimum absolute atomic E-state index is 0.0810.